The summed E-state index contributed by atoms with van der Waals surface area (Å²) in [5.41, 5.74) is 2.27. The third kappa shape index (κ3) is 6.25. The summed E-state index contributed by atoms with van der Waals surface area (Å²) in [6, 6.07) is 9.40. The molecule has 0 spiro atoms. The Morgan fingerprint density at radius 2 is 1.93 bits per heavy atom. The highest BCUT2D eigenvalue weighted by Crippen LogP contribution is 2.23. The zero-order chi connectivity index (χ0) is 20.0. The molecular weight excluding hydrogens is 373 g/mol. The van der Waals surface area contributed by atoms with Gasteiger partial charge >= 0.3 is 5.97 Å². The molecule has 0 aliphatic carbocycles. The number of carbonyl (C=O) groups excluding carboxylic acids is 2. The van der Waals surface area contributed by atoms with Gasteiger partial charge in [0.15, 0.2) is 6.10 Å². The Hall–Kier alpha value is -2.60. The van der Waals surface area contributed by atoms with Crippen molar-refractivity contribution >= 4 is 29.2 Å². The fraction of sp³-hybridized carbons (Fsp3) is 0.300. The molecule has 0 saturated carbocycles. The van der Waals surface area contributed by atoms with Gasteiger partial charge in [-0.05, 0) is 56.2 Å². The van der Waals surface area contributed by atoms with Crippen LogP contribution in [0.15, 0.2) is 36.4 Å². The predicted octanol–water partition coefficient (Wildman–Crippen LogP) is 4.44. The van der Waals surface area contributed by atoms with Gasteiger partial charge in [-0.2, -0.15) is 0 Å². The average Bonchev–Trinajstić information content (AvgIpc) is 2.60. The Morgan fingerprint density at radius 1 is 1.19 bits per heavy atom. The van der Waals surface area contributed by atoms with E-state index < -0.39 is 23.8 Å². The summed E-state index contributed by atoms with van der Waals surface area (Å²) in [7, 11) is 0. The lowest BCUT2D eigenvalue weighted by atomic mass is 10.1. The van der Waals surface area contributed by atoms with Gasteiger partial charge in [0.25, 0.3) is 5.91 Å². The number of carbonyl (C=O) groups is 2. The van der Waals surface area contributed by atoms with Crippen molar-refractivity contribution in [2.45, 2.75) is 33.3 Å². The van der Waals surface area contributed by atoms with Gasteiger partial charge in [-0.3, -0.25) is 9.59 Å². The van der Waals surface area contributed by atoms with Crippen LogP contribution in [0, 0.1) is 19.7 Å². The van der Waals surface area contributed by atoms with E-state index >= 15 is 0 Å². The Bertz CT molecular complexity index is 841. The van der Waals surface area contributed by atoms with E-state index in [1.54, 1.807) is 0 Å². The van der Waals surface area contributed by atoms with Gasteiger partial charge in [0.1, 0.15) is 11.6 Å². The first-order chi connectivity index (χ1) is 12.8. The largest absolute Gasteiger partial charge is 0.493 e. The lowest BCUT2D eigenvalue weighted by Gasteiger charge is -2.15. The van der Waals surface area contributed by atoms with Crippen LogP contribution in [0.25, 0.3) is 0 Å². The van der Waals surface area contributed by atoms with Crippen LogP contribution < -0.4 is 10.1 Å². The van der Waals surface area contributed by atoms with Crippen molar-refractivity contribution in [3.63, 3.8) is 0 Å². The second-order valence-corrected chi connectivity index (χ2v) is 6.52. The van der Waals surface area contributed by atoms with Gasteiger partial charge in [-0.1, -0.05) is 23.7 Å². The molecule has 7 heteroatoms. The van der Waals surface area contributed by atoms with Crippen LogP contribution in [0.2, 0.25) is 5.02 Å². The summed E-state index contributed by atoms with van der Waals surface area (Å²) < 4.78 is 23.7. The lowest BCUT2D eigenvalue weighted by Crippen LogP contribution is -2.30. The minimum absolute atomic E-state index is 0.00229. The first-order valence-corrected chi connectivity index (χ1v) is 8.79. The third-order valence-corrected chi connectivity index (χ3v) is 4.09. The molecule has 0 aliphatic heterocycles. The van der Waals surface area contributed by atoms with Gasteiger partial charge in [0, 0.05) is 0 Å². The highest BCUT2D eigenvalue weighted by molar-refractivity contribution is 6.33. The minimum Gasteiger partial charge on any atom is -0.493 e. The smallest absolute Gasteiger partial charge is 0.310 e. The third-order valence-electron chi connectivity index (χ3n) is 3.77. The first kappa shape index (κ1) is 20.7. The SMILES string of the molecule is Cc1ccc(C)c(OCCC(=O)O[C@@H](C)C(=O)Nc2ccc(F)cc2Cl)c1. The predicted molar refractivity (Wildman–Crippen MR) is 102 cm³/mol. The van der Waals surface area contributed by atoms with E-state index in [1.807, 2.05) is 32.0 Å². The molecule has 0 bridgehead atoms. The van der Waals surface area contributed by atoms with Crippen LogP contribution in [-0.4, -0.2) is 24.6 Å². The molecule has 2 aromatic carbocycles. The molecule has 0 unspecified atom stereocenters. The zero-order valence-corrected chi connectivity index (χ0v) is 16.1. The summed E-state index contributed by atoms with van der Waals surface area (Å²) in [6.45, 7) is 5.45. The number of esters is 1. The zero-order valence-electron chi connectivity index (χ0n) is 15.3. The Balaban J connectivity index is 1.80. The molecule has 0 fully saturated rings. The maximum Gasteiger partial charge on any atom is 0.310 e. The highest BCUT2D eigenvalue weighted by Gasteiger charge is 2.19. The van der Waals surface area contributed by atoms with Gasteiger partial charge in [0.05, 0.1) is 23.7 Å². The normalized spacial score (nSPS) is 11.6. The quantitative estimate of drug-likeness (QED) is 0.706. The first-order valence-electron chi connectivity index (χ1n) is 8.41. The van der Waals surface area contributed by atoms with Crippen LogP contribution in [0.3, 0.4) is 0 Å². The number of halogens is 2. The van der Waals surface area contributed by atoms with E-state index in [4.69, 9.17) is 21.1 Å². The molecule has 144 valence electrons. The molecule has 0 saturated heterocycles. The summed E-state index contributed by atoms with van der Waals surface area (Å²) in [5.74, 6) is -0.929. The molecule has 0 radical (unpaired) electrons. The highest BCUT2D eigenvalue weighted by atomic mass is 35.5. The second-order valence-electron chi connectivity index (χ2n) is 6.11. The summed E-state index contributed by atoms with van der Waals surface area (Å²) in [6.07, 6.45) is -1.03. The molecular formula is C20H21ClFNO4. The van der Waals surface area contributed by atoms with E-state index in [0.29, 0.717) is 5.75 Å². The van der Waals surface area contributed by atoms with Gasteiger partial charge < -0.3 is 14.8 Å². The number of ether oxygens (including phenoxy) is 2. The van der Waals surface area contributed by atoms with Crippen LogP contribution in [0.4, 0.5) is 10.1 Å². The van der Waals surface area contributed by atoms with E-state index in [2.05, 4.69) is 5.32 Å². The molecule has 0 aliphatic rings. The van der Waals surface area contributed by atoms with Gasteiger partial charge in [-0.25, -0.2) is 4.39 Å². The molecule has 2 rings (SSSR count). The fourth-order valence-corrected chi connectivity index (χ4v) is 2.46. The van der Waals surface area contributed by atoms with E-state index in [-0.39, 0.29) is 23.7 Å². The minimum atomic E-state index is -1.03. The number of nitrogens with one attached hydrogen (secondary N) is 1. The van der Waals surface area contributed by atoms with Crippen molar-refractivity contribution in [3.8, 4) is 5.75 Å². The van der Waals surface area contributed by atoms with Gasteiger partial charge in [0.2, 0.25) is 0 Å². The van der Waals surface area contributed by atoms with Crippen LogP contribution in [-0.2, 0) is 14.3 Å². The number of amides is 1. The Kier molecular flexibility index (Phi) is 7.19. The summed E-state index contributed by atoms with van der Waals surface area (Å²) in [5, 5.41) is 2.55. The number of benzene rings is 2. The maximum atomic E-state index is 13.0. The topological polar surface area (TPSA) is 64.6 Å². The maximum absolute atomic E-state index is 13.0. The average molecular weight is 394 g/mol. The summed E-state index contributed by atoms with van der Waals surface area (Å²) in [4.78, 5) is 24.0. The number of hydrogen-bond donors (Lipinski definition) is 1. The molecule has 0 heterocycles. The molecule has 2 aromatic rings. The molecule has 1 N–H and O–H groups in total. The second kappa shape index (κ2) is 9.37. The van der Waals surface area contributed by atoms with Crippen molar-refractivity contribution in [2.75, 3.05) is 11.9 Å². The van der Waals surface area contributed by atoms with Crippen molar-refractivity contribution < 1.29 is 23.5 Å². The van der Waals surface area contributed by atoms with Crippen molar-refractivity contribution in [1.29, 1.82) is 0 Å². The summed E-state index contributed by atoms with van der Waals surface area (Å²) >= 11 is 5.86. The molecule has 0 aromatic heterocycles. The molecule has 1 atom stereocenters. The monoisotopic (exact) mass is 393 g/mol. The van der Waals surface area contributed by atoms with Crippen molar-refractivity contribution in [3.05, 3.63) is 58.4 Å². The van der Waals surface area contributed by atoms with E-state index in [1.165, 1.54) is 19.1 Å². The van der Waals surface area contributed by atoms with Gasteiger partial charge in [-0.15, -0.1) is 0 Å². The van der Waals surface area contributed by atoms with E-state index in [9.17, 15) is 14.0 Å². The molecule has 27 heavy (non-hydrogen) atoms. The fourth-order valence-electron chi connectivity index (χ4n) is 2.24. The number of rotatable bonds is 7. The number of anilines is 1. The number of hydrogen-bond acceptors (Lipinski definition) is 4. The Labute approximate surface area is 162 Å². The van der Waals surface area contributed by atoms with Crippen LogP contribution in [0.1, 0.15) is 24.5 Å². The lowest BCUT2D eigenvalue weighted by molar-refractivity contribution is -0.153. The molecule has 1 amide bonds. The van der Waals surface area contributed by atoms with Crippen LogP contribution >= 0.6 is 11.6 Å². The number of aryl methyl sites for hydroxylation is 2. The van der Waals surface area contributed by atoms with Crippen molar-refractivity contribution in [2.24, 2.45) is 0 Å². The van der Waals surface area contributed by atoms with E-state index in [0.717, 1.165) is 17.2 Å². The van der Waals surface area contributed by atoms with Crippen molar-refractivity contribution in [1.82, 2.24) is 0 Å². The molecule has 5 nitrogen and oxygen atoms in total. The van der Waals surface area contributed by atoms with Crippen LogP contribution in [0.5, 0.6) is 5.75 Å². The standard InChI is InChI=1S/C20H21ClFNO4/c1-12-4-5-13(2)18(10-12)26-9-8-19(24)27-14(3)20(25)23-17-7-6-15(22)11-16(17)21/h4-7,10-11,14H,8-9H2,1-3H3,(H,23,25)/t14-/m0/s1. The Morgan fingerprint density at radius 3 is 2.63 bits per heavy atom.